The molecule has 0 spiro atoms. The molecule has 1 aromatic carbocycles. The van der Waals surface area contributed by atoms with Crippen molar-refractivity contribution in [3.63, 3.8) is 0 Å². The zero-order valence-electron chi connectivity index (χ0n) is 9.70. The van der Waals surface area contributed by atoms with Gasteiger partial charge in [0.2, 0.25) is 0 Å². The maximum absolute atomic E-state index is 11.7. The van der Waals surface area contributed by atoms with Gasteiger partial charge in [0, 0.05) is 19.7 Å². The van der Waals surface area contributed by atoms with Crippen LogP contribution in [-0.2, 0) is 6.42 Å². The zero-order chi connectivity index (χ0) is 11.4. The topological polar surface area (TPSA) is 29.5 Å². The van der Waals surface area contributed by atoms with E-state index >= 15 is 0 Å². The van der Waals surface area contributed by atoms with Gasteiger partial charge in [-0.15, -0.1) is 0 Å². The minimum atomic E-state index is 0.0207. The third-order valence-electron chi connectivity index (χ3n) is 2.31. The molecule has 0 heterocycles. The van der Waals surface area contributed by atoms with E-state index in [4.69, 9.17) is 4.74 Å². The fourth-order valence-electron chi connectivity index (χ4n) is 1.45. The van der Waals surface area contributed by atoms with Crippen molar-refractivity contribution in [2.75, 3.05) is 21.2 Å². The third-order valence-corrected chi connectivity index (χ3v) is 2.31. The monoisotopic (exact) mass is 207 g/mol. The number of nitrogens with zero attached hydrogens (tertiary/aromatic N) is 1. The first kappa shape index (κ1) is 11.6. The molecule has 0 aliphatic carbocycles. The van der Waals surface area contributed by atoms with E-state index in [2.05, 4.69) is 0 Å². The van der Waals surface area contributed by atoms with Gasteiger partial charge in [-0.1, -0.05) is 6.92 Å². The lowest BCUT2D eigenvalue weighted by atomic mass is 10.1. The third kappa shape index (κ3) is 2.49. The van der Waals surface area contributed by atoms with Crippen molar-refractivity contribution < 1.29 is 9.53 Å². The van der Waals surface area contributed by atoms with E-state index in [0.717, 1.165) is 17.7 Å². The van der Waals surface area contributed by atoms with E-state index in [0.29, 0.717) is 5.56 Å². The summed E-state index contributed by atoms with van der Waals surface area (Å²) in [5, 5.41) is 0. The molecule has 0 atom stereocenters. The van der Waals surface area contributed by atoms with E-state index in [1.165, 1.54) is 0 Å². The molecule has 0 fully saturated rings. The molecule has 0 saturated carbocycles. The Balaban J connectivity index is 3.08. The van der Waals surface area contributed by atoms with Gasteiger partial charge in [0.25, 0.3) is 5.91 Å². The van der Waals surface area contributed by atoms with Gasteiger partial charge in [0.1, 0.15) is 5.75 Å². The molecule has 1 aromatic rings. The van der Waals surface area contributed by atoms with Gasteiger partial charge in [0.05, 0.1) is 7.11 Å². The van der Waals surface area contributed by atoms with Crippen molar-refractivity contribution in [1.29, 1.82) is 0 Å². The van der Waals surface area contributed by atoms with Crippen LogP contribution < -0.4 is 4.74 Å². The zero-order valence-corrected chi connectivity index (χ0v) is 9.70. The first-order valence-electron chi connectivity index (χ1n) is 4.98. The molecule has 0 saturated heterocycles. The summed E-state index contributed by atoms with van der Waals surface area (Å²) in [6, 6.07) is 5.52. The van der Waals surface area contributed by atoms with E-state index < -0.39 is 0 Å². The van der Waals surface area contributed by atoms with Gasteiger partial charge >= 0.3 is 0 Å². The molecule has 3 heteroatoms. The number of carbonyl (C=O) groups is 1. The van der Waals surface area contributed by atoms with Gasteiger partial charge in [-0.25, -0.2) is 0 Å². The molecule has 1 amide bonds. The van der Waals surface area contributed by atoms with Gasteiger partial charge in [-0.05, 0) is 30.2 Å². The smallest absolute Gasteiger partial charge is 0.253 e. The highest BCUT2D eigenvalue weighted by atomic mass is 16.5. The number of hydrogen-bond acceptors (Lipinski definition) is 2. The molecular formula is C12H17NO2. The minimum Gasteiger partial charge on any atom is -0.496 e. The van der Waals surface area contributed by atoms with Crippen molar-refractivity contribution in [3.8, 4) is 5.75 Å². The molecule has 0 aliphatic rings. The lowest BCUT2D eigenvalue weighted by Gasteiger charge is -2.12. The van der Waals surface area contributed by atoms with Crippen molar-refractivity contribution >= 4 is 5.91 Å². The molecular weight excluding hydrogens is 190 g/mol. The molecule has 0 aromatic heterocycles. The quantitative estimate of drug-likeness (QED) is 0.758. The highest BCUT2D eigenvalue weighted by Crippen LogP contribution is 2.20. The normalized spacial score (nSPS) is 9.87. The lowest BCUT2D eigenvalue weighted by Crippen LogP contribution is -2.21. The number of carbonyl (C=O) groups excluding carboxylic acids is 1. The average Bonchev–Trinajstić information content (AvgIpc) is 2.26. The van der Waals surface area contributed by atoms with Gasteiger partial charge in [-0.3, -0.25) is 4.79 Å². The molecule has 0 unspecified atom stereocenters. The van der Waals surface area contributed by atoms with E-state index in [9.17, 15) is 4.79 Å². The molecule has 0 aliphatic heterocycles. The predicted octanol–water partition coefficient (Wildman–Crippen LogP) is 1.96. The summed E-state index contributed by atoms with van der Waals surface area (Å²) in [6.45, 7) is 2.04. The van der Waals surface area contributed by atoms with Crippen LogP contribution >= 0.6 is 0 Å². The van der Waals surface area contributed by atoms with Gasteiger partial charge in [-0.2, -0.15) is 0 Å². The van der Waals surface area contributed by atoms with Crippen LogP contribution in [0.1, 0.15) is 22.8 Å². The van der Waals surface area contributed by atoms with E-state index in [-0.39, 0.29) is 5.91 Å². The Labute approximate surface area is 90.7 Å². The molecule has 3 nitrogen and oxygen atoms in total. The summed E-state index contributed by atoms with van der Waals surface area (Å²) in [7, 11) is 5.14. The largest absolute Gasteiger partial charge is 0.496 e. The van der Waals surface area contributed by atoms with Crippen molar-refractivity contribution in [3.05, 3.63) is 29.3 Å². The second kappa shape index (κ2) is 4.82. The van der Waals surface area contributed by atoms with Gasteiger partial charge < -0.3 is 9.64 Å². The molecule has 82 valence electrons. The number of rotatable bonds is 3. The first-order valence-corrected chi connectivity index (χ1v) is 4.98. The summed E-state index contributed by atoms with van der Waals surface area (Å²) in [5.74, 6) is 0.861. The van der Waals surface area contributed by atoms with Crippen molar-refractivity contribution in [2.24, 2.45) is 0 Å². The molecule has 0 N–H and O–H groups in total. The second-order valence-electron chi connectivity index (χ2n) is 3.58. The Kier molecular flexibility index (Phi) is 3.72. The minimum absolute atomic E-state index is 0.0207. The Hall–Kier alpha value is -1.51. The second-order valence-corrected chi connectivity index (χ2v) is 3.58. The van der Waals surface area contributed by atoms with Crippen LogP contribution in [0.5, 0.6) is 5.75 Å². The highest BCUT2D eigenvalue weighted by molar-refractivity contribution is 5.94. The predicted molar refractivity (Wildman–Crippen MR) is 60.4 cm³/mol. The molecule has 0 bridgehead atoms. The number of hydrogen-bond donors (Lipinski definition) is 0. The number of ether oxygens (including phenoxy) is 1. The summed E-state index contributed by atoms with van der Waals surface area (Å²) < 4.78 is 5.21. The van der Waals surface area contributed by atoms with Crippen LogP contribution in [0.3, 0.4) is 0 Å². The van der Waals surface area contributed by atoms with E-state index in [1.54, 1.807) is 32.2 Å². The maximum Gasteiger partial charge on any atom is 0.253 e. The molecule has 0 radical (unpaired) electrons. The SMILES string of the molecule is CCc1cc(C(=O)N(C)C)ccc1OC. The Morgan fingerprint density at radius 3 is 2.53 bits per heavy atom. The van der Waals surface area contributed by atoms with Gasteiger partial charge in [0.15, 0.2) is 0 Å². The van der Waals surface area contributed by atoms with Crippen LogP contribution in [0.2, 0.25) is 0 Å². The van der Waals surface area contributed by atoms with Crippen LogP contribution in [-0.4, -0.2) is 32.0 Å². The Bertz CT molecular complexity index is 359. The number of methoxy groups -OCH3 is 1. The Morgan fingerprint density at radius 1 is 1.40 bits per heavy atom. The van der Waals surface area contributed by atoms with Crippen LogP contribution in [0.25, 0.3) is 0 Å². The summed E-state index contributed by atoms with van der Waals surface area (Å²) >= 11 is 0. The average molecular weight is 207 g/mol. The van der Waals surface area contributed by atoms with Crippen molar-refractivity contribution in [2.45, 2.75) is 13.3 Å². The molecule has 1 rings (SSSR count). The number of aryl methyl sites for hydroxylation is 1. The Morgan fingerprint density at radius 2 is 2.07 bits per heavy atom. The molecule has 15 heavy (non-hydrogen) atoms. The summed E-state index contributed by atoms with van der Waals surface area (Å²) in [5.41, 5.74) is 1.77. The van der Waals surface area contributed by atoms with Crippen LogP contribution in [0.4, 0.5) is 0 Å². The lowest BCUT2D eigenvalue weighted by molar-refractivity contribution is 0.0827. The first-order chi connectivity index (χ1) is 7.10. The number of amides is 1. The fourth-order valence-corrected chi connectivity index (χ4v) is 1.45. The van der Waals surface area contributed by atoms with Crippen LogP contribution in [0.15, 0.2) is 18.2 Å². The van der Waals surface area contributed by atoms with Crippen molar-refractivity contribution in [1.82, 2.24) is 4.90 Å². The summed E-state index contributed by atoms with van der Waals surface area (Å²) in [4.78, 5) is 13.3. The standard InChI is InChI=1S/C12H17NO2/c1-5-9-8-10(12(14)13(2)3)6-7-11(9)15-4/h6-8H,5H2,1-4H3. The van der Waals surface area contributed by atoms with Crippen LogP contribution in [0, 0.1) is 0 Å². The number of benzene rings is 1. The maximum atomic E-state index is 11.7. The van der Waals surface area contributed by atoms with E-state index in [1.807, 2.05) is 19.1 Å². The summed E-state index contributed by atoms with van der Waals surface area (Å²) in [6.07, 6.45) is 0.859. The highest BCUT2D eigenvalue weighted by Gasteiger charge is 2.10. The fraction of sp³-hybridized carbons (Fsp3) is 0.417.